The molecular weight excluding hydrogens is 402 g/mol. The highest BCUT2D eigenvalue weighted by molar-refractivity contribution is 9.10. The standard InChI is InChI=1S/C15H18BrNO6S/c16-11-5-8(4-10(6-11)15(21)22)3-9(14(19)20)1-2-12(24)7-13(18)17-23/h4-6,9,12,23-24H,1-3,7H2,(H,17,18)(H,19,20)(H,21,22). The highest BCUT2D eigenvalue weighted by Gasteiger charge is 2.21. The van der Waals surface area contributed by atoms with Crippen LogP contribution in [0.1, 0.15) is 35.2 Å². The number of amides is 1. The largest absolute Gasteiger partial charge is 0.481 e. The topological polar surface area (TPSA) is 124 Å². The molecule has 0 aliphatic carbocycles. The Kier molecular flexibility index (Phi) is 8.23. The summed E-state index contributed by atoms with van der Waals surface area (Å²) in [5, 5.41) is 26.5. The van der Waals surface area contributed by atoms with E-state index in [1.54, 1.807) is 6.07 Å². The minimum atomic E-state index is -1.09. The predicted molar refractivity (Wildman–Crippen MR) is 92.5 cm³/mol. The molecule has 24 heavy (non-hydrogen) atoms. The predicted octanol–water partition coefficient (Wildman–Crippen LogP) is 2.36. The number of benzene rings is 1. The Balaban J connectivity index is 2.75. The van der Waals surface area contributed by atoms with Crippen molar-refractivity contribution in [3.05, 3.63) is 33.8 Å². The summed E-state index contributed by atoms with van der Waals surface area (Å²) >= 11 is 7.42. The van der Waals surface area contributed by atoms with Crippen LogP contribution in [0.2, 0.25) is 0 Å². The van der Waals surface area contributed by atoms with Crippen LogP contribution < -0.4 is 5.48 Å². The quantitative estimate of drug-likeness (QED) is 0.237. The lowest BCUT2D eigenvalue weighted by Crippen LogP contribution is -2.23. The Hall–Kier alpha value is -1.58. The second-order valence-corrected chi connectivity index (χ2v) is 7.01. The fourth-order valence-electron chi connectivity index (χ4n) is 2.24. The Morgan fingerprint density at radius 1 is 1.17 bits per heavy atom. The van der Waals surface area contributed by atoms with E-state index < -0.39 is 23.8 Å². The smallest absolute Gasteiger partial charge is 0.335 e. The molecule has 2 atom stereocenters. The third-order valence-electron chi connectivity index (χ3n) is 3.43. The minimum Gasteiger partial charge on any atom is -0.481 e. The maximum Gasteiger partial charge on any atom is 0.335 e. The van der Waals surface area contributed by atoms with E-state index in [-0.39, 0.29) is 30.1 Å². The van der Waals surface area contributed by atoms with E-state index in [4.69, 9.17) is 10.3 Å². The Morgan fingerprint density at radius 3 is 2.38 bits per heavy atom. The molecule has 0 aliphatic heterocycles. The normalized spacial score (nSPS) is 13.1. The van der Waals surface area contributed by atoms with Crippen molar-refractivity contribution in [1.29, 1.82) is 0 Å². The molecule has 0 aromatic heterocycles. The van der Waals surface area contributed by atoms with Crippen LogP contribution in [0.4, 0.5) is 0 Å². The maximum absolute atomic E-state index is 11.4. The Labute approximate surface area is 152 Å². The number of carbonyl (C=O) groups excluding carboxylic acids is 1. The van der Waals surface area contributed by atoms with Crippen molar-refractivity contribution in [1.82, 2.24) is 5.48 Å². The third-order valence-corrected chi connectivity index (χ3v) is 4.33. The zero-order valence-corrected chi connectivity index (χ0v) is 15.1. The van der Waals surface area contributed by atoms with E-state index in [9.17, 15) is 19.5 Å². The average molecular weight is 420 g/mol. The van der Waals surface area contributed by atoms with Crippen molar-refractivity contribution in [2.45, 2.75) is 30.9 Å². The van der Waals surface area contributed by atoms with Crippen LogP contribution in [-0.2, 0) is 16.0 Å². The molecule has 7 nitrogen and oxygen atoms in total. The van der Waals surface area contributed by atoms with Crippen molar-refractivity contribution in [3.8, 4) is 0 Å². The molecule has 1 rings (SSSR count). The lowest BCUT2D eigenvalue weighted by Gasteiger charge is -2.15. The van der Waals surface area contributed by atoms with Gasteiger partial charge in [0.25, 0.3) is 0 Å². The molecule has 0 radical (unpaired) electrons. The average Bonchev–Trinajstić information content (AvgIpc) is 2.50. The van der Waals surface area contributed by atoms with Crippen molar-refractivity contribution in [2.75, 3.05) is 0 Å². The summed E-state index contributed by atoms with van der Waals surface area (Å²) in [6.45, 7) is 0. The molecule has 0 spiro atoms. The summed E-state index contributed by atoms with van der Waals surface area (Å²) in [6, 6.07) is 4.57. The molecule has 2 unspecified atom stereocenters. The van der Waals surface area contributed by atoms with Crippen molar-refractivity contribution >= 4 is 46.4 Å². The zero-order valence-electron chi connectivity index (χ0n) is 12.6. The van der Waals surface area contributed by atoms with E-state index in [1.807, 2.05) is 0 Å². The van der Waals surface area contributed by atoms with Crippen LogP contribution in [0.3, 0.4) is 0 Å². The highest BCUT2D eigenvalue weighted by Crippen LogP contribution is 2.22. The lowest BCUT2D eigenvalue weighted by atomic mass is 9.93. The first-order valence-corrected chi connectivity index (χ1v) is 8.40. The van der Waals surface area contributed by atoms with Crippen molar-refractivity contribution < 1.29 is 29.8 Å². The first-order valence-electron chi connectivity index (χ1n) is 7.09. The summed E-state index contributed by atoms with van der Waals surface area (Å²) in [5.74, 6) is -3.40. The summed E-state index contributed by atoms with van der Waals surface area (Å²) in [5.41, 5.74) is 2.18. The van der Waals surface area contributed by atoms with E-state index in [0.717, 1.165) is 0 Å². The number of nitrogens with one attached hydrogen (secondary N) is 1. The van der Waals surface area contributed by atoms with Crippen LogP contribution in [0, 0.1) is 5.92 Å². The second-order valence-electron chi connectivity index (χ2n) is 5.36. The van der Waals surface area contributed by atoms with Crippen LogP contribution in [-0.4, -0.2) is 38.5 Å². The molecule has 1 amide bonds. The van der Waals surface area contributed by atoms with E-state index in [1.165, 1.54) is 17.6 Å². The van der Waals surface area contributed by atoms with Crippen molar-refractivity contribution in [2.24, 2.45) is 5.92 Å². The number of thiol groups is 1. The molecule has 9 heteroatoms. The summed E-state index contributed by atoms with van der Waals surface area (Å²) in [4.78, 5) is 33.5. The number of aliphatic carboxylic acids is 1. The molecule has 0 saturated carbocycles. The number of aromatic carboxylic acids is 1. The van der Waals surface area contributed by atoms with Gasteiger partial charge in [0, 0.05) is 16.1 Å². The van der Waals surface area contributed by atoms with Gasteiger partial charge in [0.15, 0.2) is 0 Å². The summed E-state index contributed by atoms with van der Waals surface area (Å²) < 4.78 is 0.563. The molecule has 132 valence electrons. The maximum atomic E-state index is 11.4. The monoisotopic (exact) mass is 419 g/mol. The van der Waals surface area contributed by atoms with Gasteiger partial charge < -0.3 is 10.2 Å². The van der Waals surface area contributed by atoms with Gasteiger partial charge >= 0.3 is 11.9 Å². The van der Waals surface area contributed by atoms with Crippen LogP contribution in [0.5, 0.6) is 0 Å². The van der Waals surface area contributed by atoms with Gasteiger partial charge in [-0.15, -0.1) is 0 Å². The SMILES string of the molecule is O=C(CC(S)CCC(Cc1cc(Br)cc(C(=O)O)c1)C(=O)O)NO. The second kappa shape index (κ2) is 9.65. The molecule has 0 aliphatic rings. The number of carbonyl (C=O) groups is 3. The molecular formula is C15H18BrNO6S. The molecule has 4 N–H and O–H groups in total. The number of rotatable bonds is 9. The minimum absolute atomic E-state index is 0.0218. The number of halogens is 1. The molecule has 0 heterocycles. The fourth-order valence-corrected chi connectivity index (χ4v) is 3.10. The molecule has 0 bridgehead atoms. The molecule has 0 fully saturated rings. The highest BCUT2D eigenvalue weighted by atomic mass is 79.9. The van der Waals surface area contributed by atoms with Gasteiger partial charge in [-0.05, 0) is 43.0 Å². The van der Waals surface area contributed by atoms with Crippen LogP contribution in [0.25, 0.3) is 0 Å². The number of hydrogen-bond acceptors (Lipinski definition) is 5. The van der Waals surface area contributed by atoms with Gasteiger partial charge in [-0.2, -0.15) is 12.6 Å². The van der Waals surface area contributed by atoms with E-state index in [2.05, 4.69) is 28.6 Å². The van der Waals surface area contributed by atoms with Gasteiger partial charge in [0.2, 0.25) is 5.91 Å². The first kappa shape index (κ1) is 20.5. The number of hydrogen-bond donors (Lipinski definition) is 5. The number of hydroxylamine groups is 1. The Morgan fingerprint density at radius 2 is 1.83 bits per heavy atom. The fraction of sp³-hybridized carbons (Fsp3) is 0.400. The lowest BCUT2D eigenvalue weighted by molar-refractivity contribution is -0.141. The summed E-state index contributed by atoms with van der Waals surface area (Å²) in [6.07, 6.45) is 0.790. The summed E-state index contributed by atoms with van der Waals surface area (Å²) in [7, 11) is 0. The van der Waals surface area contributed by atoms with Crippen molar-refractivity contribution in [3.63, 3.8) is 0 Å². The third kappa shape index (κ3) is 6.90. The van der Waals surface area contributed by atoms with Gasteiger partial charge in [-0.3, -0.25) is 14.8 Å². The molecule has 1 aromatic carbocycles. The van der Waals surface area contributed by atoms with Gasteiger partial charge in [0.05, 0.1) is 11.5 Å². The van der Waals surface area contributed by atoms with Crippen LogP contribution in [0.15, 0.2) is 22.7 Å². The zero-order chi connectivity index (χ0) is 18.3. The van der Waals surface area contributed by atoms with E-state index >= 15 is 0 Å². The van der Waals surface area contributed by atoms with Gasteiger partial charge in [-0.1, -0.05) is 15.9 Å². The molecule has 1 aromatic rings. The Bertz CT molecular complexity index is 624. The number of carboxylic acids is 2. The van der Waals surface area contributed by atoms with Gasteiger partial charge in [0.1, 0.15) is 0 Å². The van der Waals surface area contributed by atoms with Gasteiger partial charge in [-0.25, -0.2) is 10.3 Å². The molecule has 0 saturated heterocycles. The first-order chi connectivity index (χ1) is 11.2. The van der Waals surface area contributed by atoms with E-state index in [0.29, 0.717) is 16.5 Å². The van der Waals surface area contributed by atoms with Crippen LogP contribution >= 0.6 is 28.6 Å². The number of carboxylic acid groups (broad SMARTS) is 2.